The Morgan fingerprint density at radius 1 is 1.36 bits per heavy atom. The number of hydrogen-bond donors (Lipinski definition) is 2. The van der Waals surface area contributed by atoms with Crippen molar-refractivity contribution >= 4 is 0 Å². The van der Waals surface area contributed by atoms with Gasteiger partial charge in [-0.15, -0.1) is 0 Å². The summed E-state index contributed by atoms with van der Waals surface area (Å²) in [7, 11) is 0. The van der Waals surface area contributed by atoms with Crippen LogP contribution in [0.15, 0.2) is 0 Å². The van der Waals surface area contributed by atoms with E-state index >= 15 is 0 Å². The first-order chi connectivity index (χ1) is 6.55. The van der Waals surface area contributed by atoms with E-state index in [0.29, 0.717) is 17.5 Å². The maximum atomic E-state index is 6.02. The van der Waals surface area contributed by atoms with Crippen LogP contribution < -0.4 is 11.1 Å². The molecule has 2 heteroatoms. The summed E-state index contributed by atoms with van der Waals surface area (Å²) in [6.45, 7) is 8.04. The highest BCUT2D eigenvalue weighted by Gasteiger charge is 2.25. The molecule has 0 heterocycles. The highest BCUT2D eigenvalue weighted by atomic mass is 15.0. The van der Waals surface area contributed by atoms with E-state index in [-0.39, 0.29) is 0 Å². The quantitative estimate of drug-likeness (QED) is 0.711. The van der Waals surface area contributed by atoms with Crippen molar-refractivity contribution in [2.75, 3.05) is 6.54 Å². The van der Waals surface area contributed by atoms with E-state index in [1.165, 1.54) is 32.1 Å². The first-order valence-corrected chi connectivity index (χ1v) is 6.04. The second-order valence-electron chi connectivity index (χ2n) is 5.50. The standard InChI is InChI=1S/C12H26N2/c1-4-8-12(2,3)9-14-11-7-5-6-10(11)13/h10-11,14H,4-9,13H2,1-3H3. The summed E-state index contributed by atoms with van der Waals surface area (Å²) in [6.07, 6.45) is 6.33. The fourth-order valence-corrected chi connectivity index (χ4v) is 2.41. The van der Waals surface area contributed by atoms with Gasteiger partial charge in [-0.05, 0) is 24.7 Å². The summed E-state index contributed by atoms with van der Waals surface area (Å²) >= 11 is 0. The largest absolute Gasteiger partial charge is 0.326 e. The zero-order chi connectivity index (χ0) is 10.6. The molecule has 0 amide bonds. The lowest BCUT2D eigenvalue weighted by Crippen LogP contribution is -2.44. The van der Waals surface area contributed by atoms with E-state index in [2.05, 4.69) is 26.1 Å². The molecule has 0 radical (unpaired) electrons. The molecule has 0 bridgehead atoms. The van der Waals surface area contributed by atoms with E-state index in [4.69, 9.17) is 5.73 Å². The maximum absolute atomic E-state index is 6.02. The molecule has 0 saturated heterocycles. The van der Waals surface area contributed by atoms with Gasteiger partial charge in [-0.1, -0.05) is 33.6 Å². The lowest BCUT2D eigenvalue weighted by atomic mass is 9.88. The van der Waals surface area contributed by atoms with Gasteiger partial charge in [0.05, 0.1) is 0 Å². The van der Waals surface area contributed by atoms with Crippen LogP contribution in [-0.4, -0.2) is 18.6 Å². The Labute approximate surface area is 88.6 Å². The smallest absolute Gasteiger partial charge is 0.0219 e. The van der Waals surface area contributed by atoms with Crippen molar-refractivity contribution in [2.45, 2.75) is 65.0 Å². The molecular weight excluding hydrogens is 172 g/mol. The summed E-state index contributed by atoms with van der Waals surface area (Å²) in [5.74, 6) is 0. The minimum atomic E-state index is 0.396. The highest BCUT2D eigenvalue weighted by molar-refractivity contribution is 4.87. The van der Waals surface area contributed by atoms with E-state index in [0.717, 1.165) is 6.54 Å². The lowest BCUT2D eigenvalue weighted by Gasteiger charge is -2.28. The minimum Gasteiger partial charge on any atom is -0.326 e. The Hall–Kier alpha value is -0.0800. The lowest BCUT2D eigenvalue weighted by molar-refractivity contribution is 0.289. The average Bonchev–Trinajstić information content (AvgIpc) is 2.48. The van der Waals surface area contributed by atoms with Gasteiger partial charge in [0.2, 0.25) is 0 Å². The zero-order valence-electron chi connectivity index (χ0n) is 9.97. The monoisotopic (exact) mass is 198 g/mol. The van der Waals surface area contributed by atoms with Crippen LogP contribution >= 0.6 is 0 Å². The summed E-state index contributed by atoms with van der Waals surface area (Å²) in [6, 6.07) is 0.971. The van der Waals surface area contributed by atoms with Gasteiger partial charge < -0.3 is 11.1 Å². The molecule has 0 aromatic carbocycles. The Morgan fingerprint density at radius 3 is 2.57 bits per heavy atom. The SMILES string of the molecule is CCCC(C)(C)CNC1CCCC1N. The number of hydrogen-bond acceptors (Lipinski definition) is 2. The first-order valence-electron chi connectivity index (χ1n) is 6.04. The van der Waals surface area contributed by atoms with Gasteiger partial charge in [0, 0.05) is 18.6 Å². The van der Waals surface area contributed by atoms with E-state index < -0.39 is 0 Å². The molecule has 14 heavy (non-hydrogen) atoms. The van der Waals surface area contributed by atoms with Crippen LogP contribution in [0, 0.1) is 5.41 Å². The average molecular weight is 198 g/mol. The van der Waals surface area contributed by atoms with Gasteiger partial charge in [-0.25, -0.2) is 0 Å². The third kappa shape index (κ3) is 3.58. The zero-order valence-corrected chi connectivity index (χ0v) is 9.97. The molecule has 2 atom stereocenters. The molecule has 3 N–H and O–H groups in total. The molecule has 1 aliphatic rings. The predicted molar refractivity (Wildman–Crippen MR) is 62.3 cm³/mol. The topological polar surface area (TPSA) is 38.0 Å². The van der Waals surface area contributed by atoms with Gasteiger partial charge in [0.15, 0.2) is 0 Å². The summed E-state index contributed by atoms with van der Waals surface area (Å²) in [5.41, 5.74) is 6.45. The molecule has 1 fully saturated rings. The first kappa shape index (κ1) is 12.0. The van der Waals surface area contributed by atoms with Crippen molar-refractivity contribution in [3.8, 4) is 0 Å². The molecule has 1 saturated carbocycles. The highest BCUT2D eigenvalue weighted by Crippen LogP contribution is 2.23. The van der Waals surface area contributed by atoms with Gasteiger partial charge in [-0.3, -0.25) is 0 Å². The predicted octanol–water partition coefficient (Wildman–Crippen LogP) is 2.28. The minimum absolute atomic E-state index is 0.396. The van der Waals surface area contributed by atoms with Crippen LogP contribution in [-0.2, 0) is 0 Å². The molecule has 0 aromatic rings. The van der Waals surface area contributed by atoms with Crippen molar-refractivity contribution < 1.29 is 0 Å². The number of rotatable bonds is 5. The van der Waals surface area contributed by atoms with Crippen LogP contribution in [0.4, 0.5) is 0 Å². The molecule has 1 aliphatic carbocycles. The normalized spacial score (nSPS) is 28.3. The Kier molecular flexibility index (Phi) is 4.39. The molecule has 0 aromatic heterocycles. The van der Waals surface area contributed by atoms with E-state index in [1.807, 2.05) is 0 Å². The van der Waals surface area contributed by atoms with Crippen molar-refractivity contribution in [1.82, 2.24) is 5.32 Å². The van der Waals surface area contributed by atoms with Crippen molar-refractivity contribution in [3.05, 3.63) is 0 Å². The Bertz CT molecular complexity index is 166. The van der Waals surface area contributed by atoms with Crippen molar-refractivity contribution in [1.29, 1.82) is 0 Å². The molecular formula is C12H26N2. The van der Waals surface area contributed by atoms with Crippen LogP contribution in [0.5, 0.6) is 0 Å². The van der Waals surface area contributed by atoms with Gasteiger partial charge in [-0.2, -0.15) is 0 Å². The molecule has 0 aliphatic heterocycles. The van der Waals surface area contributed by atoms with Crippen molar-refractivity contribution in [2.24, 2.45) is 11.1 Å². The van der Waals surface area contributed by atoms with E-state index in [1.54, 1.807) is 0 Å². The molecule has 2 unspecified atom stereocenters. The fraction of sp³-hybridized carbons (Fsp3) is 1.00. The van der Waals surface area contributed by atoms with Crippen LogP contribution in [0.25, 0.3) is 0 Å². The Balaban J connectivity index is 2.25. The Morgan fingerprint density at radius 2 is 2.07 bits per heavy atom. The van der Waals surface area contributed by atoms with Crippen LogP contribution in [0.2, 0.25) is 0 Å². The summed E-state index contributed by atoms with van der Waals surface area (Å²) < 4.78 is 0. The molecule has 2 nitrogen and oxygen atoms in total. The van der Waals surface area contributed by atoms with Crippen molar-refractivity contribution in [3.63, 3.8) is 0 Å². The molecule has 0 spiro atoms. The number of nitrogens with two attached hydrogens (primary N) is 1. The van der Waals surface area contributed by atoms with Crippen LogP contribution in [0.3, 0.4) is 0 Å². The van der Waals surface area contributed by atoms with Gasteiger partial charge in [0.25, 0.3) is 0 Å². The molecule has 84 valence electrons. The second-order valence-corrected chi connectivity index (χ2v) is 5.50. The van der Waals surface area contributed by atoms with E-state index in [9.17, 15) is 0 Å². The van der Waals surface area contributed by atoms with Crippen LogP contribution in [0.1, 0.15) is 52.9 Å². The molecule has 1 rings (SSSR count). The third-order valence-corrected chi connectivity index (χ3v) is 3.34. The maximum Gasteiger partial charge on any atom is 0.0219 e. The number of nitrogens with one attached hydrogen (secondary N) is 1. The summed E-state index contributed by atoms with van der Waals surface area (Å²) in [5, 5.41) is 3.63. The van der Waals surface area contributed by atoms with Gasteiger partial charge >= 0.3 is 0 Å². The fourth-order valence-electron chi connectivity index (χ4n) is 2.41. The third-order valence-electron chi connectivity index (χ3n) is 3.34. The second kappa shape index (κ2) is 5.13. The van der Waals surface area contributed by atoms with Gasteiger partial charge in [0.1, 0.15) is 0 Å². The summed E-state index contributed by atoms with van der Waals surface area (Å²) in [4.78, 5) is 0.